The summed E-state index contributed by atoms with van der Waals surface area (Å²) < 4.78 is 0. The molecule has 0 amide bonds. The van der Waals surface area contributed by atoms with E-state index in [9.17, 15) is 0 Å². The normalized spacial score (nSPS) is 16.5. The van der Waals surface area contributed by atoms with E-state index >= 15 is 0 Å². The Kier molecular flexibility index (Phi) is 5.51. The van der Waals surface area contributed by atoms with Crippen LogP contribution in [0, 0.1) is 0 Å². The van der Waals surface area contributed by atoms with Gasteiger partial charge in [0.1, 0.15) is 0 Å². The van der Waals surface area contributed by atoms with Crippen molar-refractivity contribution in [1.82, 2.24) is 0 Å². The molecule has 0 spiro atoms. The van der Waals surface area contributed by atoms with Crippen molar-refractivity contribution in [3.05, 3.63) is 0 Å². The van der Waals surface area contributed by atoms with Crippen LogP contribution in [0.5, 0.6) is 0 Å². The van der Waals surface area contributed by atoms with E-state index in [0.717, 1.165) is 0 Å². The van der Waals surface area contributed by atoms with Crippen LogP contribution in [0.3, 0.4) is 0 Å². The molecule has 0 unspecified atom stereocenters. The van der Waals surface area contributed by atoms with Crippen molar-refractivity contribution in [1.29, 1.82) is 0 Å². The first-order valence-electron chi connectivity index (χ1n) is 2.08. The van der Waals surface area contributed by atoms with Gasteiger partial charge in [0.05, 0.1) is 0 Å². The van der Waals surface area contributed by atoms with Crippen molar-refractivity contribution in [2.45, 2.75) is 0 Å². The molecule has 0 bridgehead atoms. The molecule has 0 radical (unpaired) electrons. The first kappa shape index (κ1) is 12.7. The molecule has 0 aromatic heterocycles. The molecule has 11 heavy (non-hydrogen) atoms. The van der Waals surface area contributed by atoms with E-state index in [2.05, 4.69) is 0 Å². The minimum atomic E-state index is -4.21. The molecule has 0 saturated carbocycles. The zero-order valence-corrected chi connectivity index (χ0v) is 9.36. The Balaban J connectivity index is 3.44. The van der Waals surface area contributed by atoms with Crippen LogP contribution in [0.4, 0.5) is 0 Å². The van der Waals surface area contributed by atoms with Gasteiger partial charge in [-0.3, -0.25) is 0 Å². The fourth-order valence-electron chi connectivity index (χ4n) is 0.108. The van der Waals surface area contributed by atoms with Crippen LogP contribution in [0.1, 0.15) is 0 Å². The van der Waals surface area contributed by atoms with Gasteiger partial charge in [-0.1, -0.05) is 0 Å². The Morgan fingerprint density at radius 1 is 0.636 bits per heavy atom. The maximum atomic E-state index is 8.36. The van der Waals surface area contributed by atoms with E-state index in [0.29, 0.717) is 30.7 Å². The van der Waals surface area contributed by atoms with Crippen molar-refractivity contribution in [3.8, 4) is 0 Å². The third kappa shape index (κ3) is 11.7. The van der Waals surface area contributed by atoms with E-state index in [1.54, 1.807) is 0 Å². The molecule has 0 heterocycles. The standard InChI is InChI=1S/H8O6P2S3/c1-7(2,3)9-11-10-8(4,5)6/h1-8H. The molecule has 0 aliphatic rings. The van der Waals surface area contributed by atoms with Crippen LogP contribution in [-0.2, 0) is 0 Å². The SMILES string of the molecule is O[PH](O)(O)SSS[PH](O)(O)O. The Hall–Kier alpha value is 1.67. The summed E-state index contributed by atoms with van der Waals surface area (Å²) in [4.78, 5) is 50.2. The average Bonchev–Trinajstić information content (AvgIpc) is 1.55. The zero-order valence-electron chi connectivity index (χ0n) is 4.91. The van der Waals surface area contributed by atoms with Crippen LogP contribution in [0.15, 0.2) is 0 Å². The van der Waals surface area contributed by atoms with Gasteiger partial charge in [-0.15, -0.1) is 0 Å². The van der Waals surface area contributed by atoms with E-state index in [1.807, 2.05) is 0 Å². The summed E-state index contributed by atoms with van der Waals surface area (Å²) in [6.07, 6.45) is 0. The second kappa shape index (κ2) is 4.78. The molecular formula is H8O6P2S3. The Labute approximate surface area is 74.5 Å². The first-order chi connectivity index (χ1) is 4.71. The summed E-state index contributed by atoms with van der Waals surface area (Å²) >= 11 is 0. The molecule has 72 valence electrons. The molecule has 0 aliphatic heterocycles. The molecule has 11 heteroatoms. The van der Waals surface area contributed by atoms with E-state index in [-0.39, 0.29) is 0 Å². The van der Waals surface area contributed by atoms with E-state index in [4.69, 9.17) is 29.4 Å². The van der Waals surface area contributed by atoms with Gasteiger partial charge < -0.3 is 0 Å². The Morgan fingerprint density at radius 3 is 1.09 bits per heavy atom. The first-order valence-corrected chi connectivity index (χ1v) is 10.7. The van der Waals surface area contributed by atoms with Crippen molar-refractivity contribution in [3.63, 3.8) is 0 Å². The van der Waals surface area contributed by atoms with Gasteiger partial charge in [0.25, 0.3) is 0 Å². The third-order valence-corrected chi connectivity index (χ3v) is 11.5. The summed E-state index contributed by atoms with van der Waals surface area (Å²) in [6.45, 7) is 0. The number of hydrogen-bond donors (Lipinski definition) is 6. The predicted molar refractivity (Wildman–Crippen MR) is 52.7 cm³/mol. The van der Waals surface area contributed by atoms with Gasteiger partial charge in [0.15, 0.2) is 0 Å². The molecule has 0 saturated heterocycles. The van der Waals surface area contributed by atoms with Gasteiger partial charge in [0, 0.05) is 0 Å². The number of hydrogen-bond acceptors (Lipinski definition) is 9. The van der Waals surface area contributed by atoms with Crippen LogP contribution in [0.25, 0.3) is 0 Å². The monoisotopic (exact) mass is 262 g/mol. The predicted octanol–water partition coefficient (Wildman–Crippen LogP) is -0.210. The second-order valence-corrected chi connectivity index (χ2v) is 13.1. The van der Waals surface area contributed by atoms with Crippen molar-refractivity contribution in [2.75, 3.05) is 0 Å². The summed E-state index contributed by atoms with van der Waals surface area (Å²) in [5.74, 6) is 0. The minimum absolute atomic E-state index is 0.300. The molecule has 0 rings (SSSR count). The fraction of sp³-hybridized carbons (Fsp3) is 0. The van der Waals surface area contributed by atoms with Crippen LogP contribution < -0.4 is 0 Å². The fourth-order valence-corrected chi connectivity index (χ4v) is 11.5. The quantitative estimate of drug-likeness (QED) is 0.302. The number of rotatable bonds is 4. The summed E-state index contributed by atoms with van der Waals surface area (Å²) in [7, 11) is -7.29. The topological polar surface area (TPSA) is 121 Å². The van der Waals surface area contributed by atoms with Crippen molar-refractivity contribution >= 4 is 44.9 Å². The molecule has 6 N–H and O–H groups in total. The summed E-state index contributed by atoms with van der Waals surface area (Å²) in [6, 6.07) is 0. The maximum absolute atomic E-state index is 8.36. The second-order valence-electron chi connectivity index (χ2n) is 1.38. The summed E-state index contributed by atoms with van der Waals surface area (Å²) in [5, 5.41) is 0. The summed E-state index contributed by atoms with van der Waals surface area (Å²) in [5.41, 5.74) is 0. The Morgan fingerprint density at radius 2 is 0.909 bits per heavy atom. The average molecular weight is 262 g/mol. The molecule has 0 aliphatic carbocycles. The molecule has 0 atom stereocenters. The van der Waals surface area contributed by atoms with Crippen molar-refractivity contribution in [2.24, 2.45) is 0 Å². The third-order valence-electron chi connectivity index (χ3n) is 0.292. The molecule has 6 nitrogen and oxygen atoms in total. The molecule has 0 aromatic rings. The zero-order chi connectivity index (χ0) is 9.12. The van der Waals surface area contributed by atoms with Crippen molar-refractivity contribution < 1.29 is 29.4 Å². The van der Waals surface area contributed by atoms with Gasteiger partial charge in [0.2, 0.25) is 0 Å². The van der Waals surface area contributed by atoms with E-state index < -0.39 is 14.3 Å². The molecule has 0 aromatic carbocycles. The van der Waals surface area contributed by atoms with Gasteiger partial charge in [-0.05, 0) is 0 Å². The molecule has 0 fully saturated rings. The van der Waals surface area contributed by atoms with Crippen LogP contribution in [-0.4, -0.2) is 29.4 Å². The van der Waals surface area contributed by atoms with Crippen LogP contribution in [0.2, 0.25) is 0 Å². The van der Waals surface area contributed by atoms with Gasteiger partial charge >= 0.3 is 74.3 Å². The van der Waals surface area contributed by atoms with E-state index in [1.165, 1.54) is 0 Å². The molecular weight excluding hydrogens is 254 g/mol. The van der Waals surface area contributed by atoms with Crippen LogP contribution >= 0.6 is 44.9 Å². The van der Waals surface area contributed by atoms with Gasteiger partial charge in [-0.25, -0.2) is 0 Å². The van der Waals surface area contributed by atoms with Gasteiger partial charge in [-0.2, -0.15) is 0 Å². The Bertz CT molecular complexity index is 100.0.